The minimum atomic E-state index is 0.203. The molecule has 0 spiro atoms. The first-order chi connectivity index (χ1) is 9.54. The molecule has 108 valence electrons. The van der Waals surface area contributed by atoms with E-state index in [1.807, 2.05) is 26.0 Å². The summed E-state index contributed by atoms with van der Waals surface area (Å²) in [6.07, 6.45) is 0.203. The van der Waals surface area contributed by atoms with E-state index in [1.54, 1.807) is 11.3 Å². The lowest BCUT2D eigenvalue weighted by molar-refractivity contribution is 0.242. The van der Waals surface area contributed by atoms with Gasteiger partial charge in [-0.2, -0.15) is 0 Å². The second-order valence-corrected chi connectivity index (χ2v) is 6.23. The topological polar surface area (TPSA) is 34.1 Å². The van der Waals surface area contributed by atoms with Crippen LogP contribution >= 0.6 is 11.3 Å². The molecular formula is C16H22N2OS. The van der Waals surface area contributed by atoms with Crippen molar-refractivity contribution in [2.24, 2.45) is 0 Å². The Hall–Kier alpha value is -1.39. The zero-order valence-electron chi connectivity index (χ0n) is 12.5. The van der Waals surface area contributed by atoms with Crippen LogP contribution < -0.4 is 10.1 Å². The predicted octanol–water partition coefficient (Wildman–Crippen LogP) is 4.10. The van der Waals surface area contributed by atoms with Crippen LogP contribution in [-0.4, -0.2) is 17.1 Å². The van der Waals surface area contributed by atoms with Crippen molar-refractivity contribution in [2.75, 3.05) is 0 Å². The summed E-state index contributed by atoms with van der Waals surface area (Å²) in [4.78, 5) is 4.66. The van der Waals surface area contributed by atoms with Gasteiger partial charge in [-0.05, 0) is 38.1 Å². The largest absolute Gasteiger partial charge is 0.491 e. The van der Waals surface area contributed by atoms with Gasteiger partial charge in [0.2, 0.25) is 0 Å². The Balaban J connectivity index is 2.04. The molecule has 4 heteroatoms. The maximum Gasteiger partial charge on any atom is 0.123 e. The van der Waals surface area contributed by atoms with E-state index in [9.17, 15) is 0 Å². The highest BCUT2D eigenvalue weighted by molar-refractivity contribution is 7.13. The average Bonchev–Trinajstić information content (AvgIpc) is 2.85. The number of ether oxygens (including phenoxy) is 1. The van der Waals surface area contributed by atoms with Crippen LogP contribution in [0, 0.1) is 0 Å². The van der Waals surface area contributed by atoms with Crippen molar-refractivity contribution < 1.29 is 4.74 Å². The lowest BCUT2D eigenvalue weighted by Gasteiger charge is -2.09. The Kier molecular flexibility index (Phi) is 5.15. The number of hydrogen-bond acceptors (Lipinski definition) is 4. The number of thiazole rings is 1. The van der Waals surface area contributed by atoms with E-state index < -0.39 is 0 Å². The van der Waals surface area contributed by atoms with Crippen molar-refractivity contribution in [3.63, 3.8) is 0 Å². The molecule has 0 aliphatic heterocycles. The van der Waals surface area contributed by atoms with E-state index in [0.717, 1.165) is 28.6 Å². The summed E-state index contributed by atoms with van der Waals surface area (Å²) < 4.78 is 5.65. The standard InChI is InChI=1S/C16H22N2OS/c1-11(2)17-9-14-10-20-16(18-14)13-5-7-15(8-6-13)19-12(3)4/h5-8,10-12,17H,9H2,1-4H3. The molecule has 0 amide bonds. The third-order valence-electron chi connectivity index (χ3n) is 2.72. The molecule has 0 unspecified atom stereocenters. The SMILES string of the molecule is CC(C)NCc1csc(-c2ccc(OC(C)C)cc2)n1. The van der Waals surface area contributed by atoms with Crippen molar-refractivity contribution in [1.82, 2.24) is 10.3 Å². The normalized spacial score (nSPS) is 11.3. The summed E-state index contributed by atoms with van der Waals surface area (Å²) in [5.41, 5.74) is 2.24. The predicted molar refractivity (Wildman–Crippen MR) is 85.3 cm³/mol. The summed E-state index contributed by atoms with van der Waals surface area (Å²) >= 11 is 1.68. The molecule has 0 fully saturated rings. The smallest absolute Gasteiger partial charge is 0.123 e. The van der Waals surface area contributed by atoms with Crippen molar-refractivity contribution in [3.05, 3.63) is 35.3 Å². The van der Waals surface area contributed by atoms with Crippen molar-refractivity contribution in [1.29, 1.82) is 0 Å². The molecule has 1 aromatic heterocycles. The second kappa shape index (κ2) is 6.86. The molecular weight excluding hydrogens is 268 g/mol. The highest BCUT2D eigenvalue weighted by atomic mass is 32.1. The Morgan fingerprint density at radius 3 is 2.45 bits per heavy atom. The van der Waals surface area contributed by atoms with Crippen LogP contribution in [0.2, 0.25) is 0 Å². The highest BCUT2D eigenvalue weighted by Gasteiger charge is 2.06. The summed E-state index contributed by atoms with van der Waals surface area (Å²) in [7, 11) is 0. The molecule has 1 aromatic carbocycles. The number of nitrogens with zero attached hydrogens (tertiary/aromatic N) is 1. The van der Waals surface area contributed by atoms with Crippen LogP contribution in [-0.2, 0) is 6.54 Å². The Morgan fingerprint density at radius 2 is 1.85 bits per heavy atom. The maximum atomic E-state index is 5.65. The van der Waals surface area contributed by atoms with E-state index in [2.05, 4.69) is 41.7 Å². The molecule has 2 rings (SSSR count). The van der Waals surface area contributed by atoms with Crippen molar-refractivity contribution in [3.8, 4) is 16.3 Å². The minimum absolute atomic E-state index is 0.203. The molecule has 0 radical (unpaired) electrons. The Labute approximate surface area is 125 Å². The van der Waals surface area contributed by atoms with Gasteiger partial charge in [0.1, 0.15) is 10.8 Å². The van der Waals surface area contributed by atoms with Crippen LogP contribution in [0.15, 0.2) is 29.6 Å². The van der Waals surface area contributed by atoms with Gasteiger partial charge in [0.15, 0.2) is 0 Å². The first-order valence-electron chi connectivity index (χ1n) is 6.99. The van der Waals surface area contributed by atoms with Gasteiger partial charge in [0, 0.05) is 23.5 Å². The number of aromatic nitrogens is 1. The monoisotopic (exact) mass is 290 g/mol. The van der Waals surface area contributed by atoms with E-state index >= 15 is 0 Å². The first kappa shape index (κ1) is 15.0. The van der Waals surface area contributed by atoms with Crippen LogP contribution in [0.1, 0.15) is 33.4 Å². The van der Waals surface area contributed by atoms with Gasteiger partial charge in [0.25, 0.3) is 0 Å². The summed E-state index contributed by atoms with van der Waals surface area (Å²) in [6.45, 7) is 9.16. The average molecular weight is 290 g/mol. The van der Waals surface area contributed by atoms with Crippen molar-refractivity contribution in [2.45, 2.75) is 46.4 Å². The molecule has 3 nitrogen and oxygen atoms in total. The van der Waals surface area contributed by atoms with Gasteiger partial charge in [0.05, 0.1) is 11.8 Å². The van der Waals surface area contributed by atoms with Crippen LogP contribution in [0.4, 0.5) is 0 Å². The highest BCUT2D eigenvalue weighted by Crippen LogP contribution is 2.26. The molecule has 1 N–H and O–H groups in total. The van der Waals surface area contributed by atoms with E-state index in [-0.39, 0.29) is 6.10 Å². The van der Waals surface area contributed by atoms with Crippen LogP contribution in [0.3, 0.4) is 0 Å². The molecule has 0 saturated heterocycles. The third-order valence-corrected chi connectivity index (χ3v) is 3.66. The van der Waals surface area contributed by atoms with Gasteiger partial charge >= 0.3 is 0 Å². The van der Waals surface area contributed by atoms with Crippen LogP contribution in [0.5, 0.6) is 5.75 Å². The van der Waals surface area contributed by atoms with Gasteiger partial charge in [-0.1, -0.05) is 13.8 Å². The number of nitrogens with one attached hydrogen (secondary N) is 1. The zero-order valence-corrected chi connectivity index (χ0v) is 13.3. The Bertz CT molecular complexity index is 532. The Morgan fingerprint density at radius 1 is 1.15 bits per heavy atom. The number of rotatable bonds is 6. The molecule has 1 heterocycles. The fraction of sp³-hybridized carbons (Fsp3) is 0.438. The van der Waals surface area contributed by atoms with Gasteiger partial charge < -0.3 is 10.1 Å². The number of benzene rings is 1. The van der Waals surface area contributed by atoms with Gasteiger partial charge in [-0.15, -0.1) is 11.3 Å². The van der Waals surface area contributed by atoms with E-state index in [0.29, 0.717) is 6.04 Å². The molecule has 0 saturated carbocycles. The first-order valence-corrected chi connectivity index (χ1v) is 7.87. The fourth-order valence-corrected chi connectivity index (χ4v) is 2.60. The molecule has 0 aliphatic rings. The number of hydrogen-bond donors (Lipinski definition) is 1. The summed E-state index contributed by atoms with van der Waals surface area (Å²) in [5.74, 6) is 0.905. The summed E-state index contributed by atoms with van der Waals surface area (Å²) in [6, 6.07) is 8.62. The zero-order chi connectivity index (χ0) is 14.5. The van der Waals surface area contributed by atoms with E-state index in [4.69, 9.17) is 4.74 Å². The quantitative estimate of drug-likeness (QED) is 0.870. The molecule has 2 aromatic rings. The van der Waals surface area contributed by atoms with Gasteiger partial charge in [-0.3, -0.25) is 0 Å². The molecule has 0 bridgehead atoms. The van der Waals surface area contributed by atoms with Crippen LogP contribution in [0.25, 0.3) is 10.6 Å². The fourth-order valence-electron chi connectivity index (χ4n) is 1.78. The third kappa shape index (κ3) is 4.32. The van der Waals surface area contributed by atoms with Gasteiger partial charge in [-0.25, -0.2) is 4.98 Å². The molecule has 20 heavy (non-hydrogen) atoms. The van der Waals surface area contributed by atoms with E-state index in [1.165, 1.54) is 0 Å². The second-order valence-electron chi connectivity index (χ2n) is 5.37. The lowest BCUT2D eigenvalue weighted by atomic mass is 10.2. The van der Waals surface area contributed by atoms with Crippen molar-refractivity contribution >= 4 is 11.3 Å². The minimum Gasteiger partial charge on any atom is -0.491 e. The molecule has 0 atom stereocenters. The lowest BCUT2D eigenvalue weighted by Crippen LogP contribution is -2.21. The maximum absolute atomic E-state index is 5.65. The summed E-state index contributed by atoms with van der Waals surface area (Å²) in [5, 5.41) is 6.55. The molecule has 0 aliphatic carbocycles.